The number of nitrogens with zero attached hydrogens (tertiary/aromatic N) is 1. The van der Waals surface area contributed by atoms with Crippen LogP contribution in [0.2, 0.25) is 0 Å². The van der Waals surface area contributed by atoms with E-state index in [1.807, 2.05) is 45.0 Å². The van der Waals surface area contributed by atoms with Gasteiger partial charge in [-0.25, -0.2) is 0 Å². The van der Waals surface area contributed by atoms with E-state index in [4.69, 9.17) is 5.26 Å². The number of para-hydroxylation sites is 1. The van der Waals surface area contributed by atoms with Crippen LogP contribution in [0.4, 0.5) is 0 Å². The molecule has 2 aromatic rings. The van der Waals surface area contributed by atoms with E-state index in [-0.39, 0.29) is 0 Å². The number of aromatic amines is 1. The third kappa shape index (κ3) is 1.62. The molecule has 0 aliphatic heterocycles. The fourth-order valence-electron chi connectivity index (χ4n) is 1.39. The van der Waals surface area contributed by atoms with Crippen LogP contribution in [0.25, 0.3) is 10.9 Å². The highest BCUT2D eigenvalue weighted by atomic mass is 14.7. The summed E-state index contributed by atoms with van der Waals surface area (Å²) in [6.45, 7) is 5.96. The number of nitrogens with one attached hydrogen (secondary N) is 1. The third-order valence-corrected chi connectivity index (χ3v) is 2.08. The number of hydrogen-bond donors (Lipinski definition) is 1. The maximum absolute atomic E-state index is 8.74. The standard InChI is InChI=1S/C10H8N2.C2H6/c1-7-8-4-2-3-5-9(8)12-10(7)6-11;1-2/h2-5,12H,1H3;1-2H3. The molecule has 0 atom stereocenters. The maximum Gasteiger partial charge on any atom is 0.121 e. The van der Waals surface area contributed by atoms with Gasteiger partial charge in [-0.1, -0.05) is 32.0 Å². The molecule has 0 unspecified atom stereocenters. The molecule has 0 aliphatic rings. The second-order valence-electron chi connectivity index (χ2n) is 2.78. The Hall–Kier alpha value is -1.75. The van der Waals surface area contributed by atoms with Crippen LogP contribution in [0, 0.1) is 18.3 Å². The Bertz CT molecular complexity index is 461. The van der Waals surface area contributed by atoms with Gasteiger partial charge >= 0.3 is 0 Å². The first-order valence-corrected chi connectivity index (χ1v) is 4.80. The molecule has 2 heteroatoms. The Morgan fingerprint density at radius 2 is 1.86 bits per heavy atom. The van der Waals surface area contributed by atoms with Crippen molar-refractivity contribution in [1.82, 2.24) is 4.98 Å². The minimum Gasteiger partial charge on any atom is -0.346 e. The first kappa shape index (κ1) is 10.3. The van der Waals surface area contributed by atoms with E-state index in [0.29, 0.717) is 5.69 Å². The smallest absolute Gasteiger partial charge is 0.121 e. The number of hydrogen-bond acceptors (Lipinski definition) is 1. The molecule has 1 aromatic heterocycles. The average Bonchev–Trinajstić information content (AvgIpc) is 2.59. The van der Waals surface area contributed by atoms with E-state index in [0.717, 1.165) is 16.5 Å². The summed E-state index contributed by atoms with van der Waals surface area (Å²) in [6, 6.07) is 10.1. The Morgan fingerprint density at radius 1 is 1.21 bits per heavy atom. The molecular weight excluding hydrogens is 172 g/mol. The molecule has 2 rings (SSSR count). The van der Waals surface area contributed by atoms with Gasteiger partial charge in [0, 0.05) is 10.9 Å². The van der Waals surface area contributed by atoms with Gasteiger partial charge in [0.15, 0.2) is 0 Å². The third-order valence-electron chi connectivity index (χ3n) is 2.08. The number of nitriles is 1. The second kappa shape index (κ2) is 4.48. The molecule has 1 heterocycles. The zero-order valence-electron chi connectivity index (χ0n) is 8.76. The lowest BCUT2D eigenvalue weighted by Crippen LogP contribution is -1.73. The summed E-state index contributed by atoms with van der Waals surface area (Å²) in [5.41, 5.74) is 2.73. The number of H-pyrrole nitrogens is 1. The van der Waals surface area contributed by atoms with Gasteiger partial charge in [0.1, 0.15) is 11.8 Å². The fourth-order valence-corrected chi connectivity index (χ4v) is 1.39. The van der Waals surface area contributed by atoms with Crippen molar-refractivity contribution in [3.63, 3.8) is 0 Å². The van der Waals surface area contributed by atoms with Gasteiger partial charge in [-0.3, -0.25) is 0 Å². The highest BCUT2D eigenvalue weighted by molar-refractivity contribution is 5.85. The lowest BCUT2D eigenvalue weighted by molar-refractivity contribution is 1.33. The van der Waals surface area contributed by atoms with Crippen molar-refractivity contribution in [2.45, 2.75) is 20.8 Å². The first-order chi connectivity index (χ1) is 6.83. The summed E-state index contributed by atoms with van der Waals surface area (Å²) >= 11 is 0. The van der Waals surface area contributed by atoms with Gasteiger partial charge in [-0.15, -0.1) is 0 Å². The normalized spacial score (nSPS) is 9.00. The fraction of sp³-hybridized carbons (Fsp3) is 0.250. The lowest BCUT2D eigenvalue weighted by atomic mass is 10.2. The van der Waals surface area contributed by atoms with Crippen LogP contribution < -0.4 is 0 Å². The number of fused-ring (bicyclic) bond motifs is 1. The molecule has 0 fully saturated rings. The van der Waals surface area contributed by atoms with Crippen LogP contribution in [0.3, 0.4) is 0 Å². The molecule has 14 heavy (non-hydrogen) atoms. The van der Waals surface area contributed by atoms with Gasteiger partial charge in [-0.2, -0.15) is 5.26 Å². The summed E-state index contributed by atoms with van der Waals surface area (Å²) in [5.74, 6) is 0. The zero-order valence-corrected chi connectivity index (χ0v) is 8.76. The molecule has 0 saturated carbocycles. The molecule has 2 nitrogen and oxygen atoms in total. The zero-order chi connectivity index (χ0) is 10.6. The molecule has 0 aliphatic carbocycles. The van der Waals surface area contributed by atoms with Crippen LogP contribution in [0.15, 0.2) is 24.3 Å². The highest BCUT2D eigenvalue weighted by Gasteiger charge is 2.04. The van der Waals surface area contributed by atoms with Crippen molar-refractivity contribution in [2.24, 2.45) is 0 Å². The molecule has 1 aromatic carbocycles. The van der Waals surface area contributed by atoms with Crippen LogP contribution in [-0.2, 0) is 0 Å². The summed E-state index contributed by atoms with van der Waals surface area (Å²) in [4.78, 5) is 3.05. The molecule has 0 saturated heterocycles. The van der Waals surface area contributed by atoms with E-state index >= 15 is 0 Å². The van der Waals surface area contributed by atoms with Gasteiger partial charge in [0.2, 0.25) is 0 Å². The Kier molecular flexibility index (Phi) is 3.30. The van der Waals surface area contributed by atoms with Crippen molar-refractivity contribution >= 4 is 10.9 Å². The van der Waals surface area contributed by atoms with Crippen LogP contribution in [0.5, 0.6) is 0 Å². The predicted molar refractivity (Wildman–Crippen MR) is 59.1 cm³/mol. The van der Waals surface area contributed by atoms with Crippen molar-refractivity contribution in [3.05, 3.63) is 35.5 Å². The van der Waals surface area contributed by atoms with Gasteiger partial charge in [0.05, 0.1) is 0 Å². The van der Waals surface area contributed by atoms with Crippen LogP contribution >= 0.6 is 0 Å². The number of rotatable bonds is 0. The first-order valence-electron chi connectivity index (χ1n) is 4.80. The molecule has 0 amide bonds. The minimum atomic E-state index is 0.663. The summed E-state index contributed by atoms with van der Waals surface area (Å²) in [7, 11) is 0. The van der Waals surface area contributed by atoms with Gasteiger partial charge < -0.3 is 4.98 Å². The Balaban J connectivity index is 0.000000461. The Morgan fingerprint density at radius 3 is 2.43 bits per heavy atom. The number of aryl methyl sites for hydroxylation is 1. The largest absolute Gasteiger partial charge is 0.346 e. The Labute approximate surface area is 84.2 Å². The molecule has 0 bridgehead atoms. The summed E-state index contributed by atoms with van der Waals surface area (Å²) < 4.78 is 0. The maximum atomic E-state index is 8.74. The molecular formula is C12H14N2. The van der Waals surface area contributed by atoms with E-state index in [1.165, 1.54) is 0 Å². The van der Waals surface area contributed by atoms with Crippen LogP contribution in [0.1, 0.15) is 25.1 Å². The highest BCUT2D eigenvalue weighted by Crippen LogP contribution is 2.19. The van der Waals surface area contributed by atoms with E-state index < -0.39 is 0 Å². The van der Waals surface area contributed by atoms with Crippen molar-refractivity contribution < 1.29 is 0 Å². The molecule has 1 N–H and O–H groups in total. The number of benzene rings is 1. The molecule has 0 radical (unpaired) electrons. The lowest BCUT2D eigenvalue weighted by Gasteiger charge is -1.87. The van der Waals surface area contributed by atoms with E-state index in [2.05, 4.69) is 11.1 Å². The van der Waals surface area contributed by atoms with Crippen molar-refractivity contribution in [2.75, 3.05) is 0 Å². The quantitative estimate of drug-likeness (QED) is 0.673. The topological polar surface area (TPSA) is 39.6 Å². The predicted octanol–water partition coefficient (Wildman–Crippen LogP) is 3.37. The van der Waals surface area contributed by atoms with E-state index in [9.17, 15) is 0 Å². The van der Waals surface area contributed by atoms with Crippen LogP contribution in [-0.4, -0.2) is 4.98 Å². The average molecular weight is 186 g/mol. The van der Waals surface area contributed by atoms with Gasteiger partial charge in [0.25, 0.3) is 0 Å². The second-order valence-corrected chi connectivity index (χ2v) is 2.78. The minimum absolute atomic E-state index is 0.663. The summed E-state index contributed by atoms with van der Waals surface area (Å²) in [5, 5.41) is 9.87. The monoisotopic (exact) mass is 186 g/mol. The number of aromatic nitrogens is 1. The van der Waals surface area contributed by atoms with Crippen molar-refractivity contribution in [1.29, 1.82) is 5.26 Å². The molecule has 72 valence electrons. The SMILES string of the molecule is CC.Cc1c(C#N)[nH]c2ccccc12. The summed E-state index contributed by atoms with van der Waals surface area (Å²) in [6.07, 6.45) is 0. The van der Waals surface area contributed by atoms with Crippen molar-refractivity contribution in [3.8, 4) is 6.07 Å². The molecule has 0 spiro atoms. The van der Waals surface area contributed by atoms with Gasteiger partial charge in [-0.05, 0) is 18.6 Å². The van der Waals surface area contributed by atoms with E-state index in [1.54, 1.807) is 0 Å².